The summed E-state index contributed by atoms with van der Waals surface area (Å²) in [7, 11) is 0. The van der Waals surface area contributed by atoms with Crippen LogP contribution in [0.2, 0.25) is 0 Å². The Morgan fingerprint density at radius 1 is 1.00 bits per heavy atom. The molecule has 32 heavy (non-hydrogen) atoms. The highest BCUT2D eigenvalue weighted by Gasteiger charge is 2.31. The average molecular weight is 445 g/mol. The topological polar surface area (TPSA) is 41.4 Å². The van der Waals surface area contributed by atoms with Crippen molar-refractivity contribution in [2.75, 3.05) is 26.2 Å². The Kier molecular flexibility index (Phi) is 6.50. The largest absolute Gasteiger partial charge is 0.340 e. The zero-order chi connectivity index (χ0) is 22.8. The van der Waals surface area contributed by atoms with Crippen molar-refractivity contribution in [3.05, 3.63) is 65.7 Å². The van der Waals surface area contributed by atoms with E-state index in [1.807, 2.05) is 24.8 Å². The Hall–Kier alpha value is -2.87. The molecule has 5 nitrogen and oxygen atoms in total. The van der Waals surface area contributed by atoms with Gasteiger partial charge in [0, 0.05) is 50.4 Å². The second kappa shape index (κ2) is 9.32. The lowest BCUT2D eigenvalue weighted by molar-refractivity contribution is -0.135. The quantitative estimate of drug-likeness (QED) is 0.586. The van der Waals surface area contributed by atoms with Crippen molar-refractivity contribution in [2.24, 2.45) is 5.92 Å². The molecule has 0 N–H and O–H groups in total. The van der Waals surface area contributed by atoms with Gasteiger partial charge in [-0.2, -0.15) is 0 Å². The molecule has 1 unspecified atom stereocenters. The van der Waals surface area contributed by atoms with Crippen LogP contribution < -0.4 is 0 Å². The third-order valence-electron chi connectivity index (χ3n) is 6.05. The van der Waals surface area contributed by atoms with Crippen LogP contribution in [0.1, 0.15) is 31.9 Å². The van der Waals surface area contributed by atoms with Gasteiger partial charge in [0.2, 0.25) is 5.91 Å². The zero-order valence-electron chi connectivity index (χ0n) is 18.3. The smallest absolute Gasteiger partial charge is 0.246 e. The zero-order valence-corrected chi connectivity index (χ0v) is 18.3. The Balaban J connectivity index is 1.52. The van der Waals surface area contributed by atoms with Crippen molar-refractivity contribution in [3.8, 4) is 0 Å². The summed E-state index contributed by atoms with van der Waals surface area (Å²) in [6, 6.07) is 8.30. The molecule has 4 rings (SSSR count). The minimum Gasteiger partial charge on any atom is -0.340 e. The molecule has 0 spiro atoms. The second-order valence-electron chi connectivity index (χ2n) is 8.64. The van der Waals surface area contributed by atoms with Crippen molar-refractivity contribution in [3.63, 3.8) is 0 Å². The number of halogens is 3. The predicted octanol–water partition coefficient (Wildman–Crippen LogP) is 4.39. The van der Waals surface area contributed by atoms with Crippen LogP contribution in [-0.4, -0.2) is 51.4 Å². The summed E-state index contributed by atoms with van der Waals surface area (Å²) >= 11 is 0. The lowest BCUT2D eigenvalue weighted by Crippen LogP contribution is -2.41. The molecule has 1 saturated heterocycles. The van der Waals surface area contributed by atoms with Crippen LogP contribution in [-0.2, 0) is 11.3 Å². The van der Waals surface area contributed by atoms with Gasteiger partial charge in [-0.1, -0.05) is 32.0 Å². The van der Waals surface area contributed by atoms with Gasteiger partial charge in [0.25, 0.3) is 0 Å². The van der Waals surface area contributed by atoms with E-state index in [-0.39, 0.29) is 17.6 Å². The van der Waals surface area contributed by atoms with E-state index in [0.29, 0.717) is 42.8 Å². The first kappa shape index (κ1) is 22.3. The first-order chi connectivity index (χ1) is 15.3. The minimum absolute atomic E-state index is 0.0724. The van der Waals surface area contributed by atoms with Gasteiger partial charge < -0.3 is 9.47 Å². The van der Waals surface area contributed by atoms with Crippen molar-refractivity contribution >= 4 is 16.9 Å². The fraction of sp³-hybridized carbons (Fsp3) is 0.417. The number of fused-ring (bicyclic) bond motifs is 1. The van der Waals surface area contributed by atoms with Gasteiger partial charge in [-0.15, -0.1) is 0 Å². The number of hydrogen-bond acceptors (Lipinski definition) is 3. The van der Waals surface area contributed by atoms with Gasteiger partial charge in [-0.25, -0.2) is 18.2 Å². The summed E-state index contributed by atoms with van der Waals surface area (Å²) in [5.41, 5.74) is 1.35. The van der Waals surface area contributed by atoms with Crippen LogP contribution in [0.15, 0.2) is 42.7 Å². The summed E-state index contributed by atoms with van der Waals surface area (Å²) in [5, 5.41) is 0. The number of benzene rings is 2. The molecule has 1 fully saturated rings. The van der Waals surface area contributed by atoms with E-state index in [4.69, 9.17) is 0 Å². The van der Waals surface area contributed by atoms with E-state index in [1.54, 1.807) is 16.7 Å². The van der Waals surface area contributed by atoms with E-state index in [2.05, 4.69) is 9.88 Å². The summed E-state index contributed by atoms with van der Waals surface area (Å²) < 4.78 is 43.2. The summed E-state index contributed by atoms with van der Waals surface area (Å²) in [6.07, 6.45) is 2.25. The number of hydrogen-bond donors (Lipinski definition) is 0. The molecule has 1 aromatic heterocycles. The molecule has 0 bridgehead atoms. The summed E-state index contributed by atoms with van der Waals surface area (Å²) in [6.45, 7) is 6.86. The molecule has 0 saturated carbocycles. The maximum absolute atomic E-state index is 14.0. The normalized spacial score (nSPS) is 16.5. The Morgan fingerprint density at radius 3 is 2.50 bits per heavy atom. The number of rotatable bonds is 5. The van der Waals surface area contributed by atoms with Crippen molar-refractivity contribution in [1.29, 1.82) is 0 Å². The third kappa shape index (κ3) is 4.50. The van der Waals surface area contributed by atoms with Crippen molar-refractivity contribution in [1.82, 2.24) is 19.4 Å². The van der Waals surface area contributed by atoms with Gasteiger partial charge in [-0.3, -0.25) is 9.69 Å². The fourth-order valence-electron chi connectivity index (χ4n) is 4.37. The molecule has 8 heteroatoms. The van der Waals surface area contributed by atoms with E-state index < -0.39 is 17.7 Å². The number of aromatic nitrogens is 2. The van der Waals surface area contributed by atoms with E-state index in [0.717, 1.165) is 25.1 Å². The van der Waals surface area contributed by atoms with Gasteiger partial charge in [0.05, 0.1) is 17.4 Å². The van der Waals surface area contributed by atoms with E-state index in [1.165, 1.54) is 12.4 Å². The molecule has 1 amide bonds. The summed E-state index contributed by atoms with van der Waals surface area (Å²) in [4.78, 5) is 21.7. The van der Waals surface area contributed by atoms with Gasteiger partial charge in [0.15, 0.2) is 11.6 Å². The molecule has 1 aliphatic heterocycles. The first-order valence-corrected chi connectivity index (χ1v) is 10.9. The van der Waals surface area contributed by atoms with Gasteiger partial charge in [0.1, 0.15) is 11.9 Å². The van der Waals surface area contributed by atoms with Crippen LogP contribution in [0.5, 0.6) is 0 Å². The van der Waals surface area contributed by atoms with Crippen LogP contribution in [0.3, 0.4) is 0 Å². The molecule has 0 radical (unpaired) electrons. The average Bonchev–Trinajstić information content (AvgIpc) is 2.99. The van der Waals surface area contributed by atoms with Crippen molar-refractivity contribution in [2.45, 2.75) is 32.9 Å². The van der Waals surface area contributed by atoms with Crippen LogP contribution in [0.4, 0.5) is 13.2 Å². The SMILES string of the molecule is CC(C)C(C(=O)N1CCCN(Cc2ccccc2F)CC1)n1cnc2cc(F)c(F)cc21. The van der Waals surface area contributed by atoms with Crippen LogP contribution in [0, 0.1) is 23.4 Å². The molecule has 2 aromatic carbocycles. The Morgan fingerprint density at radius 2 is 1.75 bits per heavy atom. The van der Waals surface area contributed by atoms with E-state index in [9.17, 15) is 18.0 Å². The maximum atomic E-state index is 14.0. The minimum atomic E-state index is -0.965. The lowest BCUT2D eigenvalue weighted by atomic mass is 10.0. The first-order valence-electron chi connectivity index (χ1n) is 10.9. The fourth-order valence-corrected chi connectivity index (χ4v) is 4.37. The summed E-state index contributed by atoms with van der Waals surface area (Å²) in [5.74, 6) is -2.30. The number of amides is 1. The Bertz CT molecular complexity index is 1110. The Labute approximate surface area is 185 Å². The number of carbonyl (C=O) groups excluding carboxylic acids is 1. The lowest BCUT2D eigenvalue weighted by Gasteiger charge is -2.29. The van der Waals surface area contributed by atoms with Crippen LogP contribution in [0.25, 0.3) is 11.0 Å². The highest BCUT2D eigenvalue weighted by Crippen LogP contribution is 2.27. The van der Waals surface area contributed by atoms with Gasteiger partial charge in [-0.05, 0) is 18.4 Å². The molecule has 0 aliphatic carbocycles. The molecular weight excluding hydrogens is 417 g/mol. The molecule has 3 aromatic rings. The van der Waals surface area contributed by atoms with Crippen LogP contribution >= 0.6 is 0 Å². The molecule has 170 valence electrons. The standard InChI is InChI=1S/C24H27F3N4O/c1-16(2)23(31-15-28-21-12-19(26)20(27)13-22(21)31)24(32)30-9-5-8-29(10-11-30)14-17-6-3-4-7-18(17)25/h3-4,6-7,12-13,15-16,23H,5,8-11,14H2,1-2H3. The number of imidazole rings is 1. The predicted molar refractivity (Wildman–Crippen MR) is 116 cm³/mol. The molecule has 1 aliphatic rings. The second-order valence-corrected chi connectivity index (χ2v) is 8.64. The highest BCUT2D eigenvalue weighted by molar-refractivity contribution is 5.84. The van der Waals surface area contributed by atoms with Crippen molar-refractivity contribution < 1.29 is 18.0 Å². The highest BCUT2D eigenvalue weighted by atomic mass is 19.2. The van der Waals surface area contributed by atoms with Gasteiger partial charge >= 0.3 is 0 Å². The number of carbonyl (C=O) groups is 1. The molecule has 1 atom stereocenters. The molecular formula is C24H27F3N4O. The maximum Gasteiger partial charge on any atom is 0.246 e. The number of nitrogens with zero attached hydrogens (tertiary/aromatic N) is 4. The molecule has 2 heterocycles. The monoisotopic (exact) mass is 444 g/mol. The van der Waals surface area contributed by atoms with E-state index >= 15 is 0 Å². The third-order valence-corrected chi connectivity index (χ3v) is 6.05.